The molecular weight excluding hydrogens is 243 g/mol. The summed E-state index contributed by atoms with van der Waals surface area (Å²) in [6.45, 7) is 3.43. The van der Waals surface area contributed by atoms with Crippen LogP contribution in [0.15, 0.2) is 29.8 Å². The maximum absolute atomic E-state index is 11.2. The minimum absolute atomic E-state index is 0. The van der Waals surface area contributed by atoms with Crippen molar-refractivity contribution in [1.82, 2.24) is 14.4 Å². The fourth-order valence-electron chi connectivity index (χ4n) is 1.03. The van der Waals surface area contributed by atoms with Crippen molar-refractivity contribution < 1.29 is 32.7 Å². The van der Waals surface area contributed by atoms with Gasteiger partial charge >= 0.3 is 5.69 Å². The van der Waals surface area contributed by atoms with Crippen LogP contribution in [-0.4, -0.2) is 14.4 Å². The molecule has 2 aromatic heterocycles. The van der Waals surface area contributed by atoms with E-state index in [2.05, 4.69) is 22.6 Å². The number of fused-ring (bicyclic) bond motifs is 1. The van der Waals surface area contributed by atoms with E-state index in [1.807, 2.05) is 0 Å². The minimum Gasteiger partial charge on any atom is -0.342 e. The Balaban J connectivity index is 0.000000845. The van der Waals surface area contributed by atoms with Gasteiger partial charge in [0.15, 0.2) is 0 Å². The van der Waals surface area contributed by atoms with Gasteiger partial charge in [-0.3, -0.25) is 9.38 Å². The van der Waals surface area contributed by atoms with Gasteiger partial charge in [0.05, 0.1) is 5.65 Å². The first-order valence-corrected chi connectivity index (χ1v) is 3.41. The summed E-state index contributed by atoms with van der Waals surface area (Å²) in [7, 11) is 0. The summed E-state index contributed by atoms with van der Waals surface area (Å²) in [6, 6.07) is 1.70. The maximum atomic E-state index is 11.2. The molecular formula is C8H6N3OY-. The first-order chi connectivity index (χ1) is 5.81. The molecule has 0 fully saturated rings. The number of imidazole rings is 1. The largest absolute Gasteiger partial charge is 0.342 e. The number of nitrogens with zero attached hydrogens (tertiary/aromatic N) is 2. The van der Waals surface area contributed by atoms with E-state index in [9.17, 15) is 4.79 Å². The summed E-state index contributed by atoms with van der Waals surface area (Å²) < 4.78 is 1.42. The molecule has 0 bridgehead atoms. The standard InChI is InChI=1S/C8H6N3O.Y/c1-2-6-5-7-9-3-4-11(7)8(12)10-6;/h3-5H,1H2,(H,10,12);/q-1;. The summed E-state index contributed by atoms with van der Waals surface area (Å²) in [6.07, 6.45) is 5.76. The summed E-state index contributed by atoms with van der Waals surface area (Å²) in [4.78, 5) is 17.8. The third-order valence-corrected chi connectivity index (χ3v) is 1.59. The zero-order chi connectivity index (χ0) is 8.55. The zero-order valence-corrected chi connectivity index (χ0v) is 9.66. The van der Waals surface area contributed by atoms with Gasteiger partial charge in [-0.15, -0.1) is 11.8 Å². The Labute approximate surface area is 99.6 Å². The molecule has 1 N–H and O–H groups in total. The van der Waals surface area contributed by atoms with Crippen LogP contribution in [0.2, 0.25) is 0 Å². The molecule has 0 aromatic carbocycles. The monoisotopic (exact) mass is 249 g/mol. The van der Waals surface area contributed by atoms with Crippen LogP contribution in [0.4, 0.5) is 0 Å². The quantitative estimate of drug-likeness (QED) is 0.742. The molecule has 13 heavy (non-hydrogen) atoms. The number of rotatable bonds is 1. The second-order valence-electron chi connectivity index (χ2n) is 2.32. The molecule has 63 valence electrons. The van der Waals surface area contributed by atoms with E-state index in [-0.39, 0.29) is 38.4 Å². The predicted molar refractivity (Wildman–Crippen MR) is 43.8 cm³/mol. The molecule has 0 amide bonds. The first-order valence-electron chi connectivity index (χ1n) is 3.41. The normalized spacial score (nSPS) is 9.54. The molecule has 0 spiro atoms. The molecule has 0 aliphatic carbocycles. The average Bonchev–Trinajstić information content (AvgIpc) is 2.52. The van der Waals surface area contributed by atoms with E-state index in [0.29, 0.717) is 11.3 Å². The van der Waals surface area contributed by atoms with Crippen LogP contribution in [0.3, 0.4) is 0 Å². The molecule has 5 heteroatoms. The van der Waals surface area contributed by atoms with Gasteiger partial charge in [0.25, 0.3) is 0 Å². The average molecular weight is 249 g/mol. The van der Waals surface area contributed by atoms with Crippen molar-refractivity contribution in [3.05, 3.63) is 47.3 Å². The number of aromatic amines is 1. The summed E-state index contributed by atoms with van der Waals surface area (Å²) in [5.41, 5.74) is 0.930. The molecule has 0 aliphatic rings. The van der Waals surface area contributed by atoms with E-state index in [0.717, 1.165) is 0 Å². The molecule has 2 rings (SSSR count). The topological polar surface area (TPSA) is 50.2 Å². The second kappa shape index (κ2) is 3.98. The number of H-pyrrole nitrogens is 1. The van der Waals surface area contributed by atoms with Gasteiger partial charge < -0.3 is 4.98 Å². The molecule has 0 unspecified atom stereocenters. The van der Waals surface area contributed by atoms with Gasteiger partial charge in [0.1, 0.15) is 0 Å². The molecule has 4 nitrogen and oxygen atoms in total. The molecule has 2 heterocycles. The van der Waals surface area contributed by atoms with Crippen molar-refractivity contribution in [2.75, 3.05) is 0 Å². The summed E-state index contributed by atoms with van der Waals surface area (Å²) in [5, 5.41) is 0. The maximum Gasteiger partial charge on any atom is 0.327 e. The number of hydrogen-bond donors (Lipinski definition) is 1. The second-order valence-corrected chi connectivity index (χ2v) is 2.32. The number of aromatic nitrogens is 3. The summed E-state index contributed by atoms with van der Waals surface area (Å²) in [5.74, 6) is 0. The van der Waals surface area contributed by atoms with E-state index >= 15 is 0 Å². The Morgan fingerprint density at radius 2 is 2.38 bits per heavy atom. The predicted octanol–water partition coefficient (Wildman–Crippen LogP) is 0.357. The number of hydrogen-bond acceptors (Lipinski definition) is 2. The van der Waals surface area contributed by atoms with Crippen molar-refractivity contribution >= 4 is 5.65 Å². The van der Waals surface area contributed by atoms with Crippen molar-refractivity contribution in [2.45, 2.75) is 0 Å². The van der Waals surface area contributed by atoms with Gasteiger partial charge in [-0.05, 0) is 0 Å². The molecule has 0 atom stereocenters. The first kappa shape index (κ1) is 10.3. The van der Waals surface area contributed by atoms with E-state index in [4.69, 9.17) is 0 Å². The molecule has 2 aromatic rings. The summed E-state index contributed by atoms with van der Waals surface area (Å²) >= 11 is 0. The van der Waals surface area contributed by atoms with Gasteiger partial charge in [0.2, 0.25) is 0 Å². The van der Waals surface area contributed by atoms with Crippen molar-refractivity contribution in [1.29, 1.82) is 0 Å². The van der Waals surface area contributed by atoms with E-state index in [1.165, 1.54) is 4.40 Å². The van der Waals surface area contributed by atoms with Crippen LogP contribution >= 0.6 is 0 Å². The van der Waals surface area contributed by atoms with Gasteiger partial charge in [-0.25, -0.2) is 10.9 Å². The Morgan fingerprint density at radius 1 is 1.62 bits per heavy atom. The fourth-order valence-corrected chi connectivity index (χ4v) is 1.03. The van der Waals surface area contributed by atoms with Gasteiger partial charge in [-0.2, -0.15) is 6.58 Å². The van der Waals surface area contributed by atoms with Crippen molar-refractivity contribution in [3.8, 4) is 0 Å². The molecule has 0 saturated carbocycles. The smallest absolute Gasteiger partial charge is 0.327 e. The molecule has 1 radical (unpaired) electrons. The van der Waals surface area contributed by atoms with Crippen molar-refractivity contribution in [2.24, 2.45) is 0 Å². The Hall–Kier alpha value is -0.736. The van der Waals surface area contributed by atoms with Crippen molar-refractivity contribution in [3.63, 3.8) is 0 Å². The van der Waals surface area contributed by atoms with E-state index in [1.54, 1.807) is 18.5 Å². The molecule has 0 aliphatic heterocycles. The van der Waals surface area contributed by atoms with Gasteiger partial charge in [-0.1, -0.05) is 0 Å². The third-order valence-electron chi connectivity index (χ3n) is 1.59. The Bertz CT molecular complexity index is 485. The Kier molecular flexibility index (Phi) is 3.17. The number of nitrogens with one attached hydrogen (secondary N) is 1. The fraction of sp³-hybridized carbons (Fsp3) is 0. The van der Waals surface area contributed by atoms with Crippen LogP contribution < -0.4 is 5.69 Å². The SMILES string of the molecule is C=[C-]c1cc2nccn2c(=O)[nH]1.[Y]. The molecule has 0 saturated heterocycles. The van der Waals surface area contributed by atoms with Gasteiger partial charge in [0, 0.05) is 45.1 Å². The van der Waals surface area contributed by atoms with Crippen LogP contribution in [0.25, 0.3) is 5.65 Å². The van der Waals surface area contributed by atoms with Crippen LogP contribution in [-0.2, 0) is 32.7 Å². The van der Waals surface area contributed by atoms with Crippen LogP contribution in [0, 0.1) is 6.08 Å². The third kappa shape index (κ3) is 1.79. The minimum atomic E-state index is -0.226. The van der Waals surface area contributed by atoms with E-state index < -0.39 is 0 Å². The van der Waals surface area contributed by atoms with Crippen LogP contribution in [0.5, 0.6) is 0 Å². The Morgan fingerprint density at radius 3 is 3.08 bits per heavy atom. The zero-order valence-electron chi connectivity index (χ0n) is 6.82. The van der Waals surface area contributed by atoms with Crippen LogP contribution in [0.1, 0.15) is 5.69 Å².